The second-order valence-electron chi connectivity index (χ2n) is 6.06. The third-order valence-corrected chi connectivity index (χ3v) is 4.47. The molecule has 3 nitrogen and oxygen atoms in total. The molecule has 0 radical (unpaired) electrons. The van der Waals surface area contributed by atoms with Crippen molar-refractivity contribution in [1.29, 1.82) is 0 Å². The zero-order valence-corrected chi connectivity index (χ0v) is 14.3. The van der Waals surface area contributed by atoms with Crippen LogP contribution in [0.1, 0.15) is 41.7 Å². The minimum Gasteiger partial charge on any atom is -0.347 e. The van der Waals surface area contributed by atoms with E-state index < -0.39 is 0 Å². The lowest BCUT2D eigenvalue weighted by molar-refractivity contribution is 0.112. The van der Waals surface area contributed by atoms with E-state index >= 15 is 0 Å². The number of hydrogen-bond donors (Lipinski definition) is 0. The van der Waals surface area contributed by atoms with Crippen LogP contribution in [0.5, 0.6) is 0 Å². The minimum absolute atomic E-state index is 0.133. The van der Waals surface area contributed by atoms with Crippen molar-refractivity contribution in [3.63, 3.8) is 0 Å². The van der Waals surface area contributed by atoms with Gasteiger partial charge in [0.2, 0.25) is 0 Å². The average Bonchev–Trinajstić information content (AvgIpc) is 2.85. The fourth-order valence-corrected chi connectivity index (χ4v) is 3.21. The van der Waals surface area contributed by atoms with Gasteiger partial charge in [-0.3, -0.25) is 4.79 Å². The van der Waals surface area contributed by atoms with E-state index in [1.165, 1.54) is 11.3 Å². The normalized spacial score (nSPS) is 11.5. The number of rotatable bonds is 4. The Balaban J connectivity index is 2.23. The average molecular weight is 323 g/mol. The van der Waals surface area contributed by atoms with Gasteiger partial charge in [-0.1, -0.05) is 55.8 Å². The van der Waals surface area contributed by atoms with E-state index in [-0.39, 0.29) is 5.41 Å². The van der Waals surface area contributed by atoms with Crippen LogP contribution < -0.4 is 4.90 Å². The monoisotopic (exact) mass is 322 g/mol. The van der Waals surface area contributed by atoms with Crippen LogP contribution in [0.15, 0.2) is 24.3 Å². The molecule has 5 heteroatoms. The standard InChI is InChI=1S/C16H19ClN2OS/c1-16(2,3)14-13(10-20)21-15(18-14)19(4)9-11-5-7-12(17)8-6-11/h5-8,10H,9H2,1-4H3. The summed E-state index contributed by atoms with van der Waals surface area (Å²) in [4.78, 5) is 18.7. The van der Waals surface area contributed by atoms with Crippen LogP contribution in [-0.4, -0.2) is 18.3 Å². The summed E-state index contributed by atoms with van der Waals surface area (Å²) in [6, 6.07) is 7.75. The largest absolute Gasteiger partial charge is 0.347 e. The fraction of sp³-hybridized carbons (Fsp3) is 0.375. The lowest BCUT2D eigenvalue weighted by atomic mass is 9.91. The first-order valence-corrected chi connectivity index (χ1v) is 7.93. The summed E-state index contributed by atoms with van der Waals surface area (Å²) in [7, 11) is 1.98. The van der Waals surface area contributed by atoms with E-state index in [1.807, 2.05) is 31.3 Å². The Morgan fingerprint density at radius 2 is 1.90 bits per heavy atom. The molecule has 0 aliphatic carbocycles. The van der Waals surface area contributed by atoms with E-state index in [0.717, 1.165) is 34.2 Å². The number of aromatic nitrogens is 1. The van der Waals surface area contributed by atoms with Gasteiger partial charge in [-0.05, 0) is 17.7 Å². The molecule has 0 unspecified atom stereocenters. The molecule has 0 bridgehead atoms. The molecule has 0 aliphatic heterocycles. The van der Waals surface area contributed by atoms with E-state index in [4.69, 9.17) is 11.6 Å². The molecule has 1 aromatic heterocycles. The summed E-state index contributed by atoms with van der Waals surface area (Å²) in [5.74, 6) is 0. The van der Waals surface area contributed by atoms with Gasteiger partial charge in [0.05, 0.1) is 10.6 Å². The fourth-order valence-electron chi connectivity index (χ4n) is 2.03. The molecule has 112 valence electrons. The van der Waals surface area contributed by atoms with Crippen LogP contribution in [0.4, 0.5) is 5.13 Å². The van der Waals surface area contributed by atoms with Crippen molar-refractivity contribution in [3.8, 4) is 0 Å². The number of halogens is 1. The molecule has 0 aliphatic rings. The second-order valence-corrected chi connectivity index (χ2v) is 7.51. The summed E-state index contributed by atoms with van der Waals surface area (Å²) in [5.41, 5.74) is 1.88. The molecule has 0 N–H and O–H groups in total. The van der Waals surface area contributed by atoms with Gasteiger partial charge in [0.25, 0.3) is 0 Å². The van der Waals surface area contributed by atoms with E-state index in [2.05, 4.69) is 30.7 Å². The number of aldehydes is 1. The van der Waals surface area contributed by atoms with Crippen molar-refractivity contribution in [1.82, 2.24) is 4.98 Å². The minimum atomic E-state index is -0.133. The molecular formula is C16H19ClN2OS. The Morgan fingerprint density at radius 1 is 1.29 bits per heavy atom. The van der Waals surface area contributed by atoms with Gasteiger partial charge >= 0.3 is 0 Å². The molecule has 1 heterocycles. The smallest absolute Gasteiger partial charge is 0.186 e. The van der Waals surface area contributed by atoms with E-state index in [1.54, 1.807) is 0 Å². The summed E-state index contributed by atoms with van der Waals surface area (Å²) >= 11 is 7.33. The number of carbonyl (C=O) groups excluding carboxylic acids is 1. The third-order valence-electron chi connectivity index (χ3n) is 3.12. The van der Waals surface area contributed by atoms with Crippen LogP contribution in [-0.2, 0) is 12.0 Å². The molecule has 0 atom stereocenters. The number of thiazole rings is 1. The zero-order valence-electron chi connectivity index (χ0n) is 12.7. The zero-order chi connectivity index (χ0) is 15.6. The Kier molecular flexibility index (Phi) is 4.69. The molecule has 0 saturated heterocycles. The van der Waals surface area contributed by atoms with E-state index in [9.17, 15) is 4.79 Å². The Labute approximate surface area is 134 Å². The number of hydrogen-bond acceptors (Lipinski definition) is 4. The first kappa shape index (κ1) is 16.0. The number of benzene rings is 1. The predicted octanol–water partition coefficient (Wildman–Crippen LogP) is 4.54. The highest BCUT2D eigenvalue weighted by atomic mass is 35.5. The molecule has 0 fully saturated rings. The molecular weight excluding hydrogens is 304 g/mol. The maximum Gasteiger partial charge on any atom is 0.186 e. The quantitative estimate of drug-likeness (QED) is 0.775. The Hall–Kier alpha value is -1.39. The van der Waals surface area contributed by atoms with Crippen LogP contribution >= 0.6 is 22.9 Å². The second kappa shape index (κ2) is 6.16. The summed E-state index contributed by atoms with van der Waals surface area (Å²) < 4.78 is 0. The highest BCUT2D eigenvalue weighted by molar-refractivity contribution is 7.17. The summed E-state index contributed by atoms with van der Waals surface area (Å²) in [5, 5.41) is 1.59. The predicted molar refractivity (Wildman–Crippen MR) is 89.8 cm³/mol. The molecule has 0 amide bonds. The molecule has 2 aromatic rings. The first-order valence-electron chi connectivity index (χ1n) is 6.73. The van der Waals surface area contributed by atoms with Crippen LogP contribution in [0, 0.1) is 0 Å². The Bertz CT molecular complexity index is 629. The van der Waals surface area contributed by atoms with Gasteiger partial charge in [0, 0.05) is 24.0 Å². The number of anilines is 1. The third kappa shape index (κ3) is 3.83. The number of carbonyl (C=O) groups is 1. The highest BCUT2D eigenvalue weighted by Gasteiger charge is 2.24. The van der Waals surface area contributed by atoms with Crippen LogP contribution in [0.2, 0.25) is 5.02 Å². The highest BCUT2D eigenvalue weighted by Crippen LogP contribution is 2.32. The van der Waals surface area contributed by atoms with Crippen molar-refractivity contribution in [2.24, 2.45) is 0 Å². The first-order chi connectivity index (χ1) is 9.81. The van der Waals surface area contributed by atoms with Crippen molar-refractivity contribution in [2.45, 2.75) is 32.7 Å². The Morgan fingerprint density at radius 3 is 2.38 bits per heavy atom. The molecule has 0 spiro atoms. The van der Waals surface area contributed by atoms with E-state index in [0.29, 0.717) is 4.88 Å². The van der Waals surface area contributed by atoms with Gasteiger partial charge in [0.15, 0.2) is 11.4 Å². The molecule has 1 aromatic carbocycles. The lowest BCUT2D eigenvalue weighted by Crippen LogP contribution is -2.18. The van der Waals surface area contributed by atoms with Crippen molar-refractivity contribution >= 4 is 34.4 Å². The van der Waals surface area contributed by atoms with Crippen molar-refractivity contribution < 1.29 is 4.79 Å². The van der Waals surface area contributed by atoms with Crippen LogP contribution in [0.3, 0.4) is 0 Å². The summed E-state index contributed by atoms with van der Waals surface area (Å²) in [6.45, 7) is 6.93. The number of nitrogens with zero attached hydrogens (tertiary/aromatic N) is 2. The summed E-state index contributed by atoms with van der Waals surface area (Å²) in [6.07, 6.45) is 0.901. The van der Waals surface area contributed by atoms with Gasteiger partial charge in [-0.2, -0.15) is 0 Å². The van der Waals surface area contributed by atoms with Gasteiger partial charge < -0.3 is 4.90 Å². The molecule has 2 rings (SSSR count). The van der Waals surface area contributed by atoms with Crippen molar-refractivity contribution in [3.05, 3.63) is 45.4 Å². The molecule has 0 saturated carbocycles. The maximum atomic E-state index is 11.2. The van der Waals surface area contributed by atoms with Gasteiger partial charge in [-0.25, -0.2) is 4.98 Å². The van der Waals surface area contributed by atoms with Crippen LogP contribution in [0.25, 0.3) is 0 Å². The topological polar surface area (TPSA) is 33.2 Å². The SMILES string of the molecule is CN(Cc1ccc(Cl)cc1)c1nc(C(C)(C)C)c(C=O)s1. The maximum absolute atomic E-state index is 11.2. The van der Waals surface area contributed by atoms with Gasteiger partial charge in [-0.15, -0.1) is 0 Å². The van der Waals surface area contributed by atoms with Gasteiger partial charge in [0.1, 0.15) is 0 Å². The molecule has 21 heavy (non-hydrogen) atoms. The van der Waals surface area contributed by atoms with Crippen molar-refractivity contribution in [2.75, 3.05) is 11.9 Å². The lowest BCUT2D eigenvalue weighted by Gasteiger charge is -2.17.